The number of alkyl halides is 3. The van der Waals surface area contributed by atoms with Crippen molar-refractivity contribution in [2.24, 2.45) is 0 Å². The van der Waals surface area contributed by atoms with Crippen LogP contribution in [-0.2, 0) is 14.6 Å². The molecule has 1 unspecified atom stereocenters. The second-order valence-electron chi connectivity index (χ2n) is 5.67. The first kappa shape index (κ1) is 22.3. The molecular formula is C17H13F5N2O4S. The lowest BCUT2D eigenvalue weighted by atomic mass is 10.0. The van der Waals surface area contributed by atoms with E-state index in [2.05, 4.69) is 10.6 Å². The summed E-state index contributed by atoms with van der Waals surface area (Å²) in [5.74, 6) is -4.16. The normalized spacial score (nSPS) is 12.9. The molecule has 0 heterocycles. The highest BCUT2D eigenvalue weighted by molar-refractivity contribution is 7.92. The maximum Gasteiger partial charge on any atom is 0.501 e. The molecule has 2 aromatic carbocycles. The molecule has 2 N–H and O–H groups in total. The van der Waals surface area contributed by atoms with Crippen molar-refractivity contribution in [3.05, 3.63) is 65.2 Å². The molecule has 12 heteroatoms. The molecule has 156 valence electrons. The summed E-state index contributed by atoms with van der Waals surface area (Å²) in [5, 5.41) is 4.45. The Kier molecular flexibility index (Phi) is 6.26. The van der Waals surface area contributed by atoms with Gasteiger partial charge in [-0.3, -0.25) is 9.59 Å². The highest BCUT2D eigenvalue weighted by Crippen LogP contribution is 2.30. The highest BCUT2D eigenvalue weighted by Gasteiger charge is 2.46. The van der Waals surface area contributed by atoms with Gasteiger partial charge in [0, 0.05) is 12.6 Å². The van der Waals surface area contributed by atoms with Gasteiger partial charge in [-0.25, -0.2) is 17.2 Å². The first-order chi connectivity index (χ1) is 13.4. The van der Waals surface area contributed by atoms with E-state index in [0.717, 1.165) is 24.3 Å². The van der Waals surface area contributed by atoms with Gasteiger partial charge >= 0.3 is 5.51 Å². The fourth-order valence-electron chi connectivity index (χ4n) is 2.27. The smallest absolute Gasteiger partial charge is 0.357 e. The highest BCUT2D eigenvalue weighted by atomic mass is 32.2. The van der Waals surface area contributed by atoms with Crippen molar-refractivity contribution < 1.29 is 40.0 Å². The number of hydrogen-bond acceptors (Lipinski definition) is 4. The van der Waals surface area contributed by atoms with E-state index in [1.807, 2.05) is 0 Å². The van der Waals surface area contributed by atoms with Gasteiger partial charge in [0.2, 0.25) is 5.91 Å². The third-order valence-electron chi connectivity index (χ3n) is 3.79. The van der Waals surface area contributed by atoms with E-state index in [1.54, 1.807) is 0 Å². The molecule has 0 aliphatic rings. The molecule has 0 radical (unpaired) electrons. The molecule has 2 amide bonds. The van der Waals surface area contributed by atoms with Gasteiger partial charge in [-0.2, -0.15) is 13.2 Å². The average Bonchev–Trinajstić information content (AvgIpc) is 2.66. The lowest BCUT2D eigenvalue weighted by Crippen LogP contribution is -2.39. The minimum Gasteiger partial charge on any atom is -0.357 e. The maximum absolute atomic E-state index is 13.5. The Balaban J connectivity index is 2.30. The molecule has 2 aromatic rings. The summed E-state index contributed by atoms with van der Waals surface area (Å²) in [4.78, 5) is 23.3. The van der Waals surface area contributed by atoms with Crippen LogP contribution in [0.4, 0.5) is 22.0 Å². The number of sulfone groups is 1. The number of likely N-dealkylation sites (N-methyl/N-ethyl adjacent to an activating group) is 1. The topological polar surface area (TPSA) is 92.3 Å². The predicted octanol–water partition coefficient (Wildman–Crippen LogP) is 2.48. The number of carbonyl (C=O) groups excluding carboxylic acids is 2. The third kappa shape index (κ3) is 4.70. The van der Waals surface area contributed by atoms with Crippen molar-refractivity contribution >= 4 is 21.7 Å². The molecule has 0 aliphatic carbocycles. The van der Waals surface area contributed by atoms with E-state index >= 15 is 0 Å². The molecule has 2 rings (SSSR count). The lowest BCUT2D eigenvalue weighted by molar-refractivity contribution is -0.122. The summed E-state index contributed by atoms with van der Waals surface area (Å²) in [6.45, 7) is 0. The van der Waals surface area contributed by atoms with Crippen LogP contribution in [0.15, 0.2) is 47.4 Å². The summed E-state index contributed by atoms with van der Waals surface area (Å²) in [6, 6.07) is 3.89. The van der Waals surface area contributed by atoms with Gasteiger partial charge in [-0.1, -0.05) is 6.07 Å². The first-order valence-corrected chi connectivity index (χ1v) is 9.25. The van der Waals surface area contributed by atoms with Crippen LogP contribution in [0.3, 0.4) is 0 Å². The summed E-state index contributed by atoms with van der Waals surface area (Å²) in [7, 11) is -4.35. The number of rotatable bonds is 5. The SMILES string of the molecule is CNC(=O)C(NC(=O)c1ccc(S(=O)(=O)C(F)(F)F)cc1)c1ccc(F)c(F)c1. The predicted molar refractivity (Wildman–Crippen MR) is 90.3 cm³/mol. The molecule has 6 nitrogen and oxygen atoms in total. The fourth-order valence-corrected chi connectivity index (χ4v) is 3.03. The molecule has 0 bridgehead atoms. The van der Waals surface area contributed by atoms with Crippen LogP contribution < -0.4 is 10.6 Å². The second kappa shape index (κ2) is 8.15. The van der Waals surface area contributed by atoms with E-state index in [0.29, 0.717) is 18.2 Å². The van der Waals surface area contributed by atoms with Crippen LogP contribution in [0, 0.1) is 11.6 Å². The molecular weight excluding hydrogens is 423 g/mol. The summed E-state index contributed by atoms with van der Waals surface area (Å²) in [6.07, 6.45) is 0. The number of hydrogen-bond donors (Lipinski definition) is 2. The zero-order valence-electron chi connectivity index (χ0n) is 14.5. The van der Waals surface area contributed by atoms with Gasteiger partial charge in [0.1, 0.15) is 6.04 Å². The molecule has 29 heavy (non-hydrogen) atoms. The standard InChI is InChI=1S/C17H13F5N2O4S/c1-23-16(26)14(10-4-7-12(18)13(19)8-10)24-15(25)9-2-5-11(6-3-9)29(27,28)17(20,21)22/h2-8,14H,1H3,(H,23,26)(H,24,25). The zero-order chi connectivity index (χ0) is 22.0. The quantitative estimate of drug-likeness (QED) is 0.705. The number of halogens is 5. The van der Waals surface area contributed by atoms with Crippen LogP contribution in [-0.4, -0.2) is 32.8 Å². The van der Waals surface area contributed by atoms with E-state index in [-0.39, 0.29) is 11.1 Å². The Labute approximate surface area is 161 Å². The number of amides is 2. The minimum atomic E-state index is -5.58. The van der Waals surface area contributed by atoms with Crippen molar-refractivity contribution in [2.75, 3.05) is 7.05 Å². The largest absolute Gasteiger partial charge is 0.501 e. The molecule has 0 aromatic heterocycles. The monoisotopic (exact) mass is 436 g/mol. The van der Waals surface area contributed by atoms with Gasteiger partial charge in [0.15, 0.2) is 11.6 Å². The van der Waals surface area contributed by atoms with Crippen molar-refractivity contribution in [1.29, 1.82) is 0 Å². The van der Waals surface area contributed by atoms with Gasteiger partial charge in [-0.15, -0.1) is 0 Å². The molecule has 0 saturated carbocycles. The second-order valence-corrected chi connectivity index (χ2v) is 7.61. The van der Waals surface area contributed by atoms with Gasteiger partial charge < -0.3 is 10.6 Å². The van der Waals surface area contributed by atoms with Gasteiger partial charge in [-0.05, 0) is 42.0 Å². The summed E-state index contributed by atoms with van der Waals surface area (Å²) >= 11 is 0. The van der Waals surface area contributed by atoms with Crippen LogP contribution in [0.1, 0.15) is 22.0 Å². The lowest BCUT2D eigenvalue weighted by Gasteiger charge is -2.18. The summed E-state index contributed by atoms with van der Waals surface area (Å²) < 4.78 is 86.9. The van der Waals surface area contributed by atoms with Crippen molar-refractivity contribution in [1.82, 2.24) is 10.6 Å². The Morgan fingerprint density at radius 3 is 2.03 bits per heavy atom. The number of nitrogens with one attached hydrogen (secondary N) is 2. The summed E-state index contributed by atoms with van der Waals surface area (Å²) in [5.41, 5.74) is -5.86. The molecule has 1 atom stereocenters. The van der Waals surface area contributed by atoms with Crippen molar-refractivity contribution in [2.45, 2.75) is 16.4 Å². The third-order valence-corrected chi connectivity index (χ3v) is 5.29. The van der Waals surface area contributed by atoms with E-state index < -0.39 is 49.7 Å². The Bertz CT molecular complexity index is 1040. The van der Waals surface area contributed by atoms with Crippen molar-refractivity contribution in [3.8, 4) is 0 Å². The zero-order valence-corrected chi connectivity index (χ0v) is 15.4. The minimum absolute atomic E-state index is 0.0899. The number of benzene rings is 2. The molecule has 0 spiro atoms. The average molecular weight is 436 g/mol. The fraction of sp³-hybridized carbons (Fsp3) is 0.176. The number of carbonyl (C=O) groups is 2. The van der Waals surface area contributed by atoms with Gasteiger partial charge in [0.25, 0.3) is 15.7 Å². The molecule has 0 fully saturated rings. The van der Waals surface area contributed by atoms with Crippen LogP contribution in [0.2, 0.25) is 0 Å². The molecule has 0 saturated heterocycles. The van der Waals surface area contributed by atoms with Crippen LogP contribution >= 0.6 is 0 Å². The Morgan fingerprint density at radius 1 is 0.966 bits per heavy atom. The van der Waals surface area contributed by atoms with Crippen molar-refractivity contribution in [3.63, 3.8) is 0 Å². The van der Waals surface area contributed by atoms with Crippen LogP contribution in [0.25, 0.3) is 0 Å². The maximum atomic E-state index is 13.5. The van der Waals surface area contributed by atoms with E-state index in [4.69, 9.17) is 0 Å². The Hall–Kier alpha value is -3.02. The first-order valence-electron chi connectivity index (χ1n) is 7.77. The van der Waals surface area contributed by atoms with E-state index in [9.17, 15) is 40.0 Å². The van der Waals surface area contributed by atoms with Crippen LogP contribution in [0.5, 0.6) is 0 Å². The molecule has 0 aliphatic heterocycles. The van der Waals surface area contributed by atoms with E-state index in [1.165, 1.54) is 7.05 Å². The Morgan fingerprint density at radius 2 is 1.55 bits per heavy atom. The van der Waals surface area contributed by atoms with Gasteiger partial charge in [0.05, 0.1) is 4.90 Å².